The largest absolute Gasteiger partial charge is 0.371 e. The molecule has 0 aliphatic carbocycles. The SMILES string of the molecule is CCCC(CN)CN1CCCc2ccccc21. The Balaban J connectivity index is 2.07. The van der Waals surface area contributed by atoms with E-state index in [9.17, 15) is 0 Å². The number of aryl methyl sites for hydroxylation is 1. The molecule has 2 rings (SSSR count). The van der Waals surface area contributed by atoms with E-state index in [0.29, 0.717) is 5.92 Å². The summed E-state index contributed by atoms with van der Waals surface area (Å²) < 4.78 is 0. The third-order valence-electron chi connectivity index (χ3n) is 3.72. The molecule has 1 atom stereocenters. The zero-order valence-corrected chi connectivity index (χ0v) is 10.9. The lowest BCUT2D eigenvalue weighted by Crippen LogP contribution is -2.36. The molecule has 0 saturated carbocycles. The molecule has 1 aromatic carbocycles. The van der Waals surface area contributed by atoms with Gasteiger partial charge in [-0.05, 0) is 43.4 Å². The van der Waals surface area contributed by atoms with Crippen LogP contribution in [0.1, 0.15) is 31.7 Å². The van der Waals surface area contributed by atoms with E-state index in [1.54, 1.807) is 0 Å². The highest BCUT2D eigenvalue weighted by Crippen LogP contribution is 2.27. The smallest absolute Gasteiger partial charge is 0.0398 e. The van der Waals surface area contributed by atoms with Crippen LogP contribution in [0.15, 0.2) is 24.3 Å². The van der Waals surface area contributed by atoms with Crippen LogP contribution in [0.5, 0.6) is 0 Å². The topological polar surface area (TPSA) is 29.3 Å². The van der Waals surface area contributed by atoms with Crippen LogP contribution in [0.4, 0.5) is 5.69 Å². The molecule has 0 bridgehead atoms. The number of anilines is 1. The Kier molecular flexibility index (Phi) is 4.43. The first-order chi connectivity index (χ1) is 8.35. The highest BCUT2D eigenvalue weighted by molar-refractivity contribution is 5.55. The lowest BCUT2D eigenvalue weighted by atomic mass is 9.98. The van der Waals surface area contributed by atoms with Crippen LogP contribution in [0.3, 0.4) is 0 Å². The molecule has 0 aromatic heterocycles. The number of nitrogens with zero attached hydrogens (tertiary/aromatic N) is 1. The molecule has 1 aliphatic rings. The van der Waals surface area contributed by atoms with Gasteiger partial charge in [0, 0.05) is 18.8 Å². The number of rotatable bonds is 5. The van der Waals surface area contributed by atoms with E-state index in [1.165, 1.54) is 43.5 Å². The number of fused-ring (bicyclic) bond motifs is 1. The monoisotopic (exact) mass is 232 g/mol. The zero-order chi connectivity index (χ0) is 12.1. The van der Waals surface area contributed by atoms with Gasteiger partial charge in [0.25, 0.3) is 0 Å². The van der Waals surface area contributed by atoms with Crippen LogP contribution in [0, 0.1) is 5.92 Å². The Bertz CT molecular complexity index is 349. The Morgan fingerprint density at radius 1 is 1.35 bits per heavy atom. The molecule has 1 aromatic rings. The van der Waals surface area contributed by atoms with E-state index >= 15 is 0 Å². The minimum atomic E-state index is 0.645. The van der Waals surface area contributed by atoms with Crippen molar-refractivity contribution >= 4 is 5.69 Å². The fraction of sp³-hybridized carbons (Fsp3) is 0.600. The van der Waals surface area contributed by atoms with E-state index in [0.717, 1.165) is 13.1 Å². The quantitative estimate of drug-likeness (QED) is 0.846. The van der Waals surface area contributed by atoms with Crippen LogP contribution >= 0.6 is 0 Å². The second kappa shape index (κ2) is 6.06. The number of benzene rings is 1. The lowest BCUT2D eigenvalue weighted by molar-refractivity contribution is 0.474. The lowest BCUT2D eigenvalue weighted by Gasteiger charge is -2.34. The average molecular weight is 232 g/mol. The van der Waals surface area contributed by atoms with Gasteiger partial charge in [0.2, 0.25) is 0 Å². The summed E-state index contributed by atoms with van der Waals surface area (Å²) >= 11 is 0. The molecule has 0 spiro atoms. The second-order valence-corrected chi connectivity index (χ2v) is 5.07. The molecule has 94 valence electrons. The van der Waals surface area contributed by atoms with E-state index in [2.05, 4.69) is 36.1 Å². The van der Waals surface area contributed by atoms with E-state index in [1.807, 2.05) is 0 Å². The van der Waals surface area contributed by atoms with Crippen molar-refractivity contribution in [1.29, 1.82) is 0 Å². The number of para-hydroxylation sites is 1. The number of hydrogen-bond donors (Lipinski definition) is 1. The Hall–Kier alpha value is -1.02. The summed E-state index contributed by atoms with van der Waals surface area (Å²) in [5, 5.41) is 0. The molecular weight excluding hydrogens is 208 g/mol. The summed E-state index contributed by atoms with van der Waals surface area (Å²) in [6.45, 7) is 5.37. The van der Waals surface area contributed by atoms with Gasteiger partial charge in [0.1, 0.15) is 0 Å². The standard InChI is InChI=1S/C15H24N2/c1-2-6-13(11-16)12-17-10-5-8-14-7-3-4-9-15(14)17/h3-4,7,9,13H,2,5-6,8,10-12,16H2,1H3. The third kappa shape index (κ3) is 3.01. The number of nitrogens with two attached hydrogens (primary N) is 1. The molecular formula is C15H24N2. The summed E-state index contributed by atoms with van der Waals surface area (Å²) in [7, 11) is 0. The molecule has 0 saturated heterocycles. The number of hydrogen-bond acceptors (Lipinski definition) is 2. The van der Waals surface area contributed by atoms with E-state index in [4.69, 9.17) is 5.73 Å². The molecule has 1 unspecified atom stereocenters. The zero-order valence-electron chi connectivity index (χ0n) is 10.9. The van der Waals surface area contributed by atoms with Crippen LogP contribution < -0.4 is 10.6 Å². The van der Waals surface area contributed by atoms with Crippen molar-refractivity contribution in [2.45, 2.75) is 32.6 Å². The summed E-state index contributed by atoms with van der Waals surface area (Å²) in [6.07, 6.45) is 4.99. The van der Waals surface area contributed by atoms with Gasteiger partial charge in [-0.15, -0.1) is 0 Å². The van der Waals surface area contributed by atoms with Crippen LogP contribution in [0.25, 0.3) is 0 Å². The predicted molar refractivity (Wildman–Crippen MR) is 74.4 cm³/mol. The van der Waals surface area contributed by atoms with Crippen molar-refractivity contribution in [3.8, 4) is 0 Å². The van der Waals surface area contributed by atoms with Crippen LogP contribution in [0.2, 0.25) is 0 Å². The maximum absolute atomic E-state index is 5.87. The molecule has 0 fully saturated rings. The second-order valence-electron chi connectivity index (χ2n) is 5.07. The molecule has 1 heterocycles. The van der Waals surface area contributed by atoms with E-state index < -0.39 is 0 Å². The minimum Gasteiger partial charge on any atom is -0.371 e. The maximum Gasteiger partial charge on any atom is 0.0398 e. The Morgan fingerprint density at radius 2 is 2.18 bits per heavy atom. The Morgan fingerprint density at radius 3 is 2.94 bits per heavy atom. The van der Waals surface area contributed by atoms with Crippen molar-refractivity contribution < 1.29 is 0 Å². The van der Waals surface area contributed by atoms with Gasteiger partial charge >= 0.3 is 0 Å². The van der Waals surface area contributed by atoms with Crippen molar-refractivity contribution in [2.75, 3.05) is 24.5 Å². The summed E-state index contributed by atoms with van der Waals surface area (Å²) in [4.78, 5) is 2.53. The minimum absolute atomic E-state index is 0.645. The highest BCUT2D eigenvalue weighted by Gasteiger charge is 2.18. The molecule has 2 N–H and O–H groups in total. The van der Waals surface area contributed by atoms with Crippen LogP contribution in [-0.2, 0) is 6.42 Å². The fourth-order valence-corrected chi connectivity index (χ4v) is 2.80. The molecule has 0 amide bonds. The highest BCUT2D eigenvalue weighted by atomic mass is 15.1. The summed E-state index contributed by atoms with van der Waals surface area (Å²) in [5.41, 5.74) is 8.81. The fourth-order valence-electron chi connectivity index (χ4n) is 2.80. The van der Waals surface area contributed by atoms with Gasteiger partial charge in [0.05, 0.1) is 0 Å². The van der Waals surface area contributed by atoms with Crippen molar-refractivity contribution in [1.82, 2.24) is 0 Å². The molecule has 17 heavy (non-hydrogen) atoms. The molecule has 0 radical (unpaired) electrons. The molecule has 2 nitrogen and oxygen atoms in total. The molecule has 1 aliphatic heterocycles. The average Bonchev–Trinajstić information content (AvgIpc) is 2.38. The first-order valence-electron chi connectivity index (χ1n) is 6.88. The molecule has 2 heteroatoms. The normalized spacial score (nSPS) is 16.7. The maximum atomic E-state index is 5.87. The van der Waals surface area contributed by atoms with Gasteiger partial charge in [-0.3, -0.25) is 0 Å². The van der Waals surface area contributed by atoms with Crippen LogP contribution in [-0.4, -0.2) is 19.6 Å². The Labute approximate surface area is 105 Å². The first kappa shape index (κ1) is 12.4. The predicted octanol–water partition coefficient (Wildman–Crippen LogP) is 2.81. The summed E-state index contributed by atoms with van der Waals surface area (Å²) in [5.74, 6) is 0.645. The summed E-state index contributed by atoms with van der Waals surface area (Å²) in [6, 6.07) is 8.82. The first-order valence-corrected chi connectivity index (χ1v) is 6.88. The van der Waals surface area contributed by atoms with Gasteiger partial charge in [-0.25, -0.2) is 0 Å². The van der Waals surface area contributed by atoms with Crippen molar-refractivity contribution in [2.24, 2.45) is 11.7 Å². The van der Waals surface area contributed by atoms with Gasteiger partial charge in [-0.2, -0.15) is 0 Å². The van der Waals surface area contributed by atoms with Crippen molar-refractivity contribution in [3.05, 3.63) is 29.8 Å². The van der Waals surface area contributed by atoms with Gasteiger partial charge in [0.15, 0.2) is 0 Å². The third-order valence-corrected chi connectivity index (χ3v) is 3.72. The van der Waals surface area contributed by atoms with Gasteiger partial charge < -0.3 is 10.6 Å². The van der Waals surface area contributed by atoms with Gasteiger partial charge in [-0.1, -0.05) is 31.5 Å². The van der Waals surface area contributed by atoms with E-state index in [-0.39, 0.29) is 0 Å². The van der Waals surface area contributed by atoms with Crippen molar-refractivity contribution in [3.63, 3.8) is 0 Å².